The van der Waals surface area contributed by atoms with Crippen molar-refractivity contribution in [3.63, 3.8) is 0 Å². The zero-order chi connectivity index (χ0) is 18.2. The molecular weight excluding hydrogens is 469 g/mol. The molecule has 25 heavy (non-hydrogen) atoms. The number of carbonyl (C=O) groups excluding carboxylic acids is 1. The van der Waals surface area contributed by atoms with Gasteiger partial charge in [-0.3, -0.25) is 9.59 Å². The quantitative estimate of drug-likeness (QED) is 0.253. The molecule has 1 aromatic carbocycles. The second-order valence-electron chi connectivity index (χ2n) is 5.39. The van der Waals surface area contributed by atoms with E-state index < -0.39 is 0 Å². The summed E-state index contributed by atoms with van der Waals surface area (Å²) in [5.41, 5.74) is 2.39. The van der Waals surface area contributed by atoms with Gasteiger partial charge < -0.3 is 10.3 Å². The smallest absolute Gasteiger partial charge is 0.251 e. The molecule has 1 amide bonds. The fraction of sp³-hybridized carbons (Fsp3) is 0.353. The Morgan fingerprint density at radius 3 is 2.88 bits per heavy atom. The monoisotopic (exact) mass is 489 g/mol. The molecule has 134 valence electrons. The summed E-state index contributed by atoms with van der Waals surface area (Å²) < 4.78 is 1.13. The Balaban J connectivity index is 1.93. The standard InChI is InChI=1S/C17H20IN3O2S2/c1-3-6-24-9-13-8-15(22)21-17(19-13)25-10-16(23)20-14-5-4-12(18)7-11(14)2/h4-5,7-8H,3,6,9-10H2,1-2H3,(H,20,23)(H,19,21,22). The Labute approximate surface area is 169 Å². The highest BCUT2D eigenvalue weighted by molar-refractivity contribution is 14.1. The normalized spacial score (nSPS) is 10.7. The number of hydrogen-bond acceptors (Lipinski definition) is 5. The zero-order valence-electron chi connectivity index (χ0n) is 14.1. The highest BCUT2D eigenvalue weighted by Gasteiger charge is 2.08. The number of amides is 1. The molecule has 0 spiro atoms. The molecule has 2 aromatic rings. The molecule has 0 bridgehead atoms. The van der Waals surface area contributed by atoms with Gasteiger partial charge in [0.15, 0.2) is 5.16 Å². The molecule has 0 aliphatic carbocycles. The van der Waals surface area contributed by atoms with Crippen LogP contribution >= 0.6 is 46.1 Å². The number of rotatable bonds is 8. The van der Waals surface area contributed by atoms with Gasteiger partial charge in [-0.1, -0.05) is 18.7 Å². The van der Waals surface area contributed by atoms with Crippen LogP contribution < -0.4 is 10.9 Å². The summed E-state index contributed by atoms with van der Waals surface area (Å²) in [7, 11) is 0. The topological polar surface area (TPSA) is 74.8 Å². The fourth-order valence-electron chi connectivity index (χ4n) is 2.03. The summed E-state index contributed by atoms with van der Waals surface area (Å²) in [5.74, 6) is 1.82. The largest absolute Gasteiger partial charge is 0.325 e. The Kier molecular flexibility index (Phi) is 8.31. The maximum atomic E-state index is 12.1. The van der Waals surface area contributed by atoms with E-state index in [2.05, 4.69) is 44.8 Å². The average Bonchev–Trinajstić information content (AvgIpc) is 2.55. The third kappa shape index (κ3) is 7.02. The Morgan fingerprint density at radius 2 is 2.16 bits per heavy atom. The first-order chi connectivity index (χ1) is 12.0. The summed E-state index contributed by atoms with van der Waals surface area (Å²) in [6, 6.07) is 7.37. The first-order valence-electron chi connectivity index (χ1n) is 7.84. The lowest BCUT2D eigenvalue weighted by Crippen LogP contribution is -2.16. The summed E-state index contributed by atoms with van der Waals surface area (Å²) in [5, 5.41) is 3.37. The molecule has 0 atom stereocenters. The minimum atomic E-state index is -0.182. The van der Waals surface area contributed by atoms with E-state index in [-0.39, 0.29) is 17.2 Å². The third-order valence-corrected chi connectivity index (χ3v) is 5.92. The number of aryl methyl sites for hydroxylation is 1. The van der Waals surface area contributed by atoms with Gasteiger partial charge in [-0.15, -0.1) is 0 Å². The maximum absolute atomic E-state index is 12.1. The molecular formula is C17H20IN3O2S2. The van der Waals surface area contributed by atoms with Crippen molar-refractivity contribution in [1.82, 2.24) is 9.97 Å². The minimum absolute atomic E-state index is 0.122. The van der Waals surface area contributed by atoms with Gasteiger partial charge in [-0.25, -0.2) is 4.98 Å². The first-order valence-corrected chi connectivity index (χ1v) is 11.1. The van der Waals surface area contributed by atoms with Crippen LogP contribution in [0.2, 0.25) is 0 Å². The van der Waals surface area contributed by atoms with Gasteiger partial charge in [0.05, 0.1) is 11.4 Å². The number of nitrogens with zero attached hydrogens (tertiary/aromatic N) is 1. The predicted molar refractivity (Wildman–Crippen MR) is 115 cm³/mol. The van der Waals surface area contributed by atoms with Gasteiger partial charge in [0.1, 0.15) is 0 Å². The number of anilines is 1. The van der Waals surface area contributed by atoms with Crippen LogP contribution in [-0.4, -0.2) is 27.4 Å². The van der Waals surface area contributed by atoms with E-state index in [0.717, 1.165) is 32.7 Å². The van der Waals surface area contributed by atoms with Gasteiger partial charge >= 0.3 is 0 Å². The molecule has 1 aromatic heterocycles. The molecule has 0 unspecified atom stereocenters. The SMILES string of the molecule is CCCSCc1cc(=O)[nH]c(SCC(=O)Nc2ccc(I)cc2C)n1. The van der Waals surface area contributed by atoms with Crippen molar-refractivity contribution in [3.05, 3.63) is 49.4 Å². The van der Waals surface area contributed by atoms with Crippen LogP contribution in [0.3, 0.4) is 0 Å². The van der Waals surface area contributed by atoms with E-state index in [1.807, 2.05) is 25.1 Å². The zero-order valence-corrected chi connectivity index (χ0v) is 17.9. The van der Waals surface area contributed by atoms with Crippen molar-refractivity contribution in [1.29, 1.82) is 0 Å². The molecule has 0 saturated heterocycles. The van der Waals surface area contributed by atoms with Gasteiger partial charge in [0.25, 0.3) is 5.56 Å². The highest BCUT2D eigenvalue weighted by atomic mass is 127. The number of aromatic amines is 1. The summed E-state index contributed by atoms with van der Waals surface area (Å²) in [4.78, 5) is 31.0. The number of hydrogen-bond donors (Lipinski definition) is 2. The molecule has 0 radical (unpaired) electrons. The van der Waals surface area contributed by atoms with Crippen LogP contribution in [0.1, 0.15) is 24.6 Å². The van der Waals surface area contributed by atoms with Crippen LogP contribution in [0.4, 0.5) is 5.69 Å². The summed E-state index contributed by atoms with van der Waals surface area (Å²) >= 11 is 5.22. The van der Waals surface area contributed by atoms with Crippen molar-refractivity contribution in [2.75, 3.05) is 16.8 Å². The molecule has 2 rings (SSSR count). The number of H-pyrrole nitrogens is 1. The fourth-order valence-corrected chi connectivity index (χ4v) is 4.17. The van der Waals surface area contributed by atoms with E-state index in [1.54, 1.807) is 11.8 Å². The molecule has 0 aliphatic heterocycles. The van der Waals surface area contributed by atoms with Gasteiger partial charge in [-0.2, -0.15) is 11.8 Å². The highest BCUT2D eigenvalue weighted by Crippen LogP contribution is 2.19. The Bertz CT molecular complexity index is 796. The minimum Gasteiger partial charge on any atom is -0.325 e. The van der Waals surface area contributed by atoms with Crippen molar-refractivity contribution < 1.29 is 4.79 Å². The second-order valence-corrected chi connectivity index (χ2v) is 8.71. The van der Waals surface area contributed by atoms with Crippen LogP contribution in [0, 0.1) is 10.5 Å². The van der Waals surface area contributed by atoms with Crippen LogP contribution in [-0.2, 0) is 10.5 Å². The third-order valence-electron chi connectivity index (χ3n) is 3.17. The molecule has 0 fully saturated rings. The number of nitrogens with one attached hydrogen (secondary N) is 2. The molecule has 2 N–H and O–H groups in total. The van der Waals surface area contributed by atoms with E-state index in [1.165, 1.54) is 17.8 Å². The molecule has 1 heterocycles. The number of aromatic nitrogens is 2. The average molecular weight is 489 g/mol. The summed E-state index contributed by atoms with van der Waals surface area (Å²) in [6.45, 7) is 4.08. The van der Waals surface area contributed by atoms with Crippen molar-refractivity contribution >= 4 is 57.7 Å². The van der Waals surface area contributed by atoms with Crippen molar-refractivity contribution in [2.24, 2.45) is 0 Å². The summed E-state index contributed by atoms with van der Waals surface area (Å²) in [6.07, 6.45) is 1.09. The molecule has 8 heteroatoms. The van der Waals surface area contributed by atoms with Crippen LogP contribution in [0.25, 0.3) is 0 Å². The lowest BCUT2D eigenvalue weighted by molar-refractivity contribution is -0.113. The predicted octanol–water partition coefficient (Wildman–Crippen LogP) is 4.06. The van der Waals surface area contributed by atoms with Gasteiger partial charge in [0.2, 0.25) is 5.91 Å². The van der Waals surface area contributed by atoms with Gasteiger partial charge in [-0.05, 0) is 65.5 Å². The van der Waals surface area contributed by atoms with Crippen molar-refractivity contribution in [3.8, 4) is 0 Å². The Hall–Kier alpha value is -1.00. The Morgan fingerprint density at radius 1 is 1.36 bits per heavy atom. The second kappa shape index (κ2) is 10.2. The molecule has 5 nitrogen and oxygen atoms in total. The van der Waals surface area contributed by atoms with Crippen LogP contribution in [0.5, 0.6) is 0 Å². The van der Waals surface area contributed by atoms with E-state index in [9.17, 15) is 9.59 Å². The lowest BCUT2D eigenvalue weighted by Gasteiger charge is -2.08. The number of halogens is 1. The lowest BCUT2D eigenvalue weighted by atomic mass is 10.2. The maximum Gasteiger partial charge on any atom is 0.251 e. The molecule has 0 saturated carbocycles. The number of thioether (sulfide) groups is 2. The molecule has 0 aliphatic rings. The first kappa shape index (κ1) is 20.3. The van der Waals surface area contributed by atoms with E-state index >= 15 is 0 Å². The van der Waals surface area contributed by atoms with Crippen LogP contribution in [0.15, 0.2) is 34.2 Å². The van der Waals surface area contributed by atoms with Gasteiger partial charge in [0, 0.05) is 21.1 Å². The van der Waals surface area contributed by atoms with E-state index in [0.29, 0.717) is 10.9 Å². The number of carbonyl (C=O) groups is 1. The van der Waals surface area contributed by atoms with E-state index in [4.69, 9.17) is 0 Å². The van der Waals surface area contributed by atoms with Crippen molar-refractivity contribution in [2.45, 2.75) is 31.2 Å². The number of benzene rings is 1.